The van der Waals surface area contributed by atoms with Gasteiger partial charge < -0.3 is 10.2 Å². The molecule has 0 heterocycles. The lowest BCUT2D eigenvalue weighted by atomic mass is 10.1. The van der Waals surface area contributed by atoms with E-state index in [1.807, 2.05) is 62.4 Å². The monoisotopic (exact) mass is 400 g/mol. The second-order valence-electron chi connectivity index (χ2n) is 7.08. The molecule has 0 fully saturated rings. The summed E-state index contributed by atoms with van der Waals surface area (Å²) in [6.07, 6.45) is 1.71. The second kappa shape index (κ2) is 10.9. The topological polar surface area (TPSA) is 49.4 Å². The molecule has 2 atom stereocenters. The number of carbonyl (C=O) groups is 2. The highest BCUT2D eigenvalue weighted by Crippen LogP contribution is 2.17. The van der Waals surface area contributed by atoms with E-state index >= 15 is 0 Å². The summed E-state index contributed by atoms with van der Waals surface area (Å²) in [7, 11) is 0. The van der Waals surface area contributed by atoms with Crippen molar-refractivity contribution in [3.63, 3.8) is 0 Å². The summed E-state index contributed by atoms with van der Waals surface area (Å²) in [6, 6.07) is 16.8. The van der Waals surface area contributed by atoms with Gasteiger partial charge in [-0.3, -0.25) is 9.59 Å². The number of nitrogens with zero attached hydrogens (tertiary/aromatic N) is 1. The van der Waals surface area contributed by atoms with Crippen molar-refractivity contribution in [3.8, 4) is 0 Å². The van der Waals surface area contributed by atoms with E-state index in [0.717, 1.165) is 17.5 Å². The zero-order chi connectivity index (χ0) is 20.5. The van der Waals surface area contributed by atoms with E-state index in [1.54, 1.807) is 17.9 Å². The Labute approximate surface area is 172 Å². The summed E-state index contributed by atoms with van der Waals surface area (Å²) >= 11 is 6.23. The molecule has 0 spiro atoms. The van der Waals surface area contributed by atoms with Gasteiger partial charge in [-0.05, 0) is 43.9 Å². The van der Waals surface area contributed by atoms with Crippen molar-refractivity contribution in [2.75, 3.05) is 6.54 Å². The Morgan fingerprint density at radius 2 is 1.68 bits per heavy atom. The SMILES string of the molecule is CC[C@H](C)NC(=O)[C@@H](C)N(CCc1ccccc1)C(=O)Cc1ccccc1Cl. The van der Waals surface area contributed by atoms with E-state index in [9.17, 15) is 9.59 Å². The molecule has 0 bridgehead atoms. The minimum absolute atomic E-state index is 0.0737. The van der Waals surface area contributed by atoms with Crippen LogP contribution in [0.5, 0.6) is 0 Å². The lowest BCUT2D eigenvalue weighted by molar-refractivity contribution is -0.139. The largest absolute Gasteiger partial charge is 0.352 e. The van der Waals surface area contributed by atoms with Crippen molar-refractivity contribution in [1.29, 1.82) is 0 Å². The number of nitrogens with one attached hydrogen (secondary N) is 1. The Kier molecular flexibility index (Phi) is 8.52. The van der Waals surface area contributed by atoms with Crippen molar-refractivity contribution < 1.29 is 9.59 Å². The minimum atomic E-state index is -0.548. The molecule has 0 aliphatic rings. The number of hydrogen-bond donors (Lipinski definition) is 1. The number of carbonyl (C=O) groups excluding carboxylic acids is 2. The molecule has 1 N–H and O–H groups in total. The van der Waals surface area contributed by atoms with Crippen LogP contribution in [-0.2, 0) is 22.4 Å². The van der Waals surface area contributed by atoms with Gasteiger partial charge in [0.1, 0.15) is 6.04 Å². The number of amides is 2. The Hall–Kier alpha value is -2.33. The van der Waals surface area contributed by atoms with Crippen LogP contribution < -0.4 is 5.32 Å². The van der Waals surface area contributed by atoms with Crippen molar-refractivity contribution in [2.45, 2.75) is 52.1 Å². The first-order chi connectivity index (χ1) is 13.4. The van der Waals surface area contributed by atoms with Crippen LogP contribution in [-0.4, -0.2) is 35.3 Å². The molecular weight excluding hydrogens is 372 g/mol. The normalized spacial score (nSPS) is 12.9. The smallest absolute Gasteiger partial charge is 0.242 e. The maximum Gasteiger partial charge on any atom is 0.242 e. The molecule has 2 aromatic carbocycles. The Morgan fingerprint density at radius 3 is 2.32 bits per heavy atom. The maximum absolute atomic E-state index is 13.1. The van der Waals surface area contributed by atoms with Gasteiger partial charge in [-0.2, -0.15) is 0 Å². The Morgan fingerprint density at radius 1 is 1.04 bits per heavy atom. The average Bonchev–Trinajstić information content (AvgIpc) is 2.70. The molecule has 28 heavy (non-hydrogen) atoms. The molecular formula is C23H29ClN2O2. The highest BCUT2D eigenvalue weighted by molar-refractivity contribution is 6.31. The fourth-order valence-corrected chi connectivity index (χ4v) is 3.14. The van der Waals surface area contributed by atoms with E-state index in [-0.39, 0.29) is 24.3 Å². The minimum Gasteiger partial charge on any atom is -0.352 e. The van der Waals surface area contributed by atoms with E-state index in [4.69, 9.17) is 11.6 Å². The van der Waals surface area contributed by atoms with E-state index in [1.165, 1.54) is 0 Å². The number of hydrogen-bond acceptors (Lipinski definition) is 2. The van der Waals surface area contributed by atoms with Gasteiger partial charge in [-0.1, -0.05) is 67.1 Å². The standard InChI is InChI=1S/C23H29ClN2O2/c1-4-17(2)25-23(28)18(3)26(15-14-19-10-6-5-7-11-19)22(27)16-20-12-8-9-13-21(20)24/h5-13,17-18H,4,14-16H2,1-3H3,(H,25,28)/t17-,18+/m0/s1. The van der Waals surface area contributed by atoms with Gasteiger partial charge in [0.05, 0.1) is 6.42 Å². The molecule has 2 rings (SSSR count). The predicted octanol–water partition coefficient (Wildman–Crippen LogP) is 4.26. The third-order valence-corrected chi connectivity index (χ3v) is 5.32. The van der Waals surface area contributed by atoms with Crippen LogP contribution in [0.2, 0.25) is 5.02 Å². The molecule has 0 aliphatic heterocycles. The van der Waals surface area contributed by atoms with Crippen LogP contribution in [0.25, 0.3) is 0 Å². The lowest BCUT2D eigenvalue weighted by Crippen LogP contribution is -2.50. The quantitative estimate of drug-likeness (QED) is 0.683. The second-order valence-corrected chi connectivity index (χ2v) is 7.49. The molecule has 5 heteroatoms. The molecule has 0 aromatic heterocycles. The van der Waals surface area contributed by atoms with Crippen LogP contribution in [0.15, 0.2) is 54.6 Å². The summed E-state index contributed by atoms with van der Waals surface area (Å²) in [5.74, 6) is -0.231. The summed E-state index contributed by atoms with van der Waals surface area (Å²) in [6.45, 7) is 6.24. The van der Waals surface area contributed by atoms with Crippen molar-refractivity contribution >= 4 is 23.4 Å². The van der Waals surface area contributed by atoms with Crippen molar-refractivity contribution in [2.24, 2.45) is 0 Å². The van der Waals surface area contributed by atoms with E-state index in [2.05, 4.69) is 5.32 Å². The summed E-state index contributed by atoms with van der Waals surface area (Å²) < 4.78 is 0. The molecule has 0 aliphatic carbocycles. The first kappa shape index (κ1) is 22.0. The first-order valence-corrected chi connectivity index (χ1v) is 10.2. The molecule has 0 saturated heterocycles. The molecule has 2 amide bonds. The molecule has 2 aromatic rings. The molecule has 0 saturated carbocycles. The maximum atomic E-state index is 13.1. The van der Waals surface area contributed by atoms with Crippen LogP contribution in [0.1, 0.15) is 38.3 Å². The lowest BCUT2D eigenvalue weighted by Gasteiger charge is -2.30. The highest BCUT2D eigenvalue weighted by Gasteiger charge is 2.26. The van der Waals surface area contributed by atoms with Crippen LogP contribution >= 0.6 is 11.6 Å². The Bertz CT molecular complexity index is 779. The Balaban J connectivity index is 2.15. The fourth-order valence-electron chi connectivity index (χ4n) is 2.94. The summed E-state index contributed by atoms with van der Waals surface area (Å²) in [4.78, 5) is 27.4. The number of benzene rings is 2. The summed E-state index contributed by atoms with van der Waals surface area (Å²) in [5, 5.41) is 3.54. The van der Waals surface area contributed by atoms with E-state index in [0.29, 0.717) is 18.0 Å². The van der Waals surface area contributed by atoms with Gasteiger partial charge >= 0.3 is 0 Å². The fraction of sp³-hybridized carbons (Fsp3) is 0.391. The van der Waals surface area contributed by atoms with Crippen molar-refractivity contribution in [3.05, 3.63) is 70.7 Å². The van der Waals surface area contributed by atoms with Gasteiger partial charge in [-0.25, -0.2) is 0 Å². The molecule has 150 valence electrons. The van der Waals surface area contributed by atoms with Crippen molar-refractivity contribution in [1.82, 2.24) is 10.2 Å². The van der Waals surface area contributed by atoms with E-state index < -0.39 is 6.04 Å². The van der Waals surface area contributed by atoms with Gasteiger partial charge in [0.15, 0.2) is 0 Å². The zero-order valence-electron chi connectivity index (χ0n) is 16.8. The first-order valence-electron chi connectivity index (χ1n) is 9.79. The van der Waals surface area contributed by atoms with Gasteiger partial charge in [0.25, 0.3) is 0 Å². The third kappa shape index (κ3) is 6.38. The van der Waals surface area contributed by atoms with Gasteiger partial charge in [0, 0.05) is 17.6 Å². The highest BCUT2D eigenvalue weighted by atomic mass is 35.5. The molecule has 0 radical (unpaired) electrons. The van der Waals surface area contributed by atoms with Gasteiger partial charge in [-0.15, -0.1) is 0 Å². The van der Waals surface area contributed by atoms with Crippen LogP contribution in [0, 0.1) is 0 Å². The predicted molar refractivity (Wildman–Crippen MR) is 114 cm³/mol. The average molecular weight is 401 g/mol. The zero-order valence-corrected chi connectivity index (χ0v) is 17.6. The van der Waals surface area contributed by atoms with Crippen LogP contribution in [0.4, 0.5) is 0 Å². The van der Waals surface area contributed by atoms with Gasteiger partial charge in [0.2, 0.25) is 11.8 Å². The third-order valence-electron chi connectivity index (χ3n) is 4.95. The number of halogens is 1. The van der Waals surface area contributed by atoms with Crippen LogP contribution in [0.3, 0.4) is 0 Å². The number of rotatable bonds is 9. The summed E-state index contributed by atoms with van der Waals surface area (Å²) in [5.41, 5.74) is 1.90. The molecule has 4 nitrogen and oxygen atoms in total. The molecule has 0 unspecified atom stereocenters.